The lowest BCUT2D eigenvalue weighted by Gasteiger charge is -2.19. The lowest BCUT2D eigenvalue weighted by Crippen LogP contribution is -2.29. The predicted octanol–water partition coefficient (Wildman–Crippen LogP) is 3.48. The Morgan fingerprint density at radius 1 is 1.26 bits per heavy atom. The minimum absolute atomic E-state index is 0.0912. The van der Waals surface area contributed by atoms with Crippen molar-refractivity contribution in [1.82, 2.24) is 19.4 Å². The van der Waals surface area contributed by atoms with Crippen molar-refractivity contribution in [2.75, 3.05) is 18.9 Å². The van der Waals surface area contributed by atoms with E-state index in [1.54, 1.807) is 6.07 Å². The number of aromatic nitrogens is 3. The zero-order chi connectivity index (χ0) is 21.5. The highest BCUT2D eigenvalue weighted by molar-refractivity contribution is 6.32. The van der Waals surface area contributed by atoms with E-state index in [1.165, 1.54) is 18.3 Å². The fourth-order valence-corrected chi connectivity index (χ4v) is 4.20. The van der Waals surface area contributed by atoms with Crippen molar-refractivity contribution in [1.29, 1.82) is 0 Å². The maximum absolute atomic E-state index is 13.6. The molecular formula is C22H19ClFN5O2. The summed E-state index contributed by atoms with van der Waals surface area (Å²) in [6.07, 6.45) is 3.38. The third-order valence-corrected chi connectivity index (χ3v) is 5.65. The Morgan fingerprint density at radius 2 is 2.13 bits per heavy atom. The number of anilines is 1. The Kier molecular flexibility index (Phi) is 4.88. The molecule has 0 aliphatic carbocycles. The maximum atomic E-state index is 13.6. The predicted molar refractivity (Wildman–Crippen MR) is 117 cm³/mol. The maximum Gasteiger partial charge on any atom is 0.256 e. The first-order valence-corrected chi connectivity index (χ1v) is 10.1. The molecular weight excluding hydrogens is 421 g/mol. The minimum Gasteiger partial charge on any atom is -0.490 e. The van der Waals surface area contributed by atoms with Gasteiger partial charge in [0, 0.05) is 54.2 Å². The van der Waals surface area contributed by atoms with E-state index in [-0.39, 0.29) is 17.3 Å². The summed E-state index contributed by atoms with van der Waals surface area (Å²) in [5, 5.41) is 1.31. The van der Waals surface area contributed by atoms with Crippen LogP contribution in [0.5, 0.6) is 5.75 Å². The molecule has 0 radical (unpaired) electrons. The Labute approximate surface area is 181 Å². The summed E-state index contributed by atoms with van der Waals surface area (Å²) in [6.45, 7) is 2.01. The summed E-state index contributed by atoms with van der Waals surface area (Å²) in [5.74, 6) is 0.453. The number of ether oxygens (including phenoxy) is 1. The molecule has 1 aliphatic rings. The molecule has 158 valence electrons. The lowest BCUT2D eigenvalue weighted by molar-refractivity contribution is 0.219. The monoisotopic (exact) mass is 439 g/mol. The van der Waals surface area contributed by atoms with Gasteiger partial charge < -0.3 is 15.0 Å². The van der Waals surface area contributed by atoms with Gasteiger partial charge in [-0.2, -0.15) is 0 Å². The molecule has 0 saturated heterocycles. The van der Waals surface area contributed by atoms with Gasteiger partial charge >= 0.3 is 0 Å². The van der Waals surface area contributed by atoms with Crippen LogP contribution >= 0.6 is 11.6 Å². The normalized spacial score (nSPS) is 14.3. The molecule has 7 nitrogen and oxygen atoms in total. The van der Waals surface area contributed by atoms with Gasteiger partial charge in [0.15, 0.2) is 5.95 Å². The highest BCUT2D eigenvalue weighted by Gasteiger charge is 2.21. The molecule has 0 atom stereocenters. The largest absolute Gasteiger partial charge is 0.490 e. The zero-order valence-electron chi connectivity index (χ0n) is 16.4. The molecule has 4 aromatic rings. The van der Waals surface area contributed by atoms with E-state index in [0.717, 1.165) is 22.2 Å². The first kappa shape index (κ1) is 19.6. The van der Waals surface area contributed by atoms with E-state index in [9.17, 15) is 9.18 Å². The number of nitrogen functional groups attached to an aromatic ring is 1. The van der Waals surface area contributed by atoms with Crippen LogP contribution in [0.25, 0.3) is 16.6 Å². The van der Waals surface area contributed by atoms with Crippen LogP contribution in [-0.4, -0.2) is 32.6 Å². The van der Waals surface area contributed by atoms with E-state index < -0.39 is 0 Å². The number of hydrogen-bond acceptors (Lipinski definition) is 5. The second-order valence-electron chi connectivity index (χ2n) is 7.49. The Morgan fingerprint density at radius 3 is 2.97 bits per heavy atom. The summed E-state index contributed by atoms with van der Waals surface area (Å²) < 4.78 is 21.4. The minimum atomic E-state index is -0.276. The molecule has 0 spiro atoms. The first-order valence-electron chi connectivity index (χ1n) is 9.76. The van der Waals surface area contributed by atoms with Gasteiger partial charge in [-0.1, -0.05) is 11.6 Å². The second kappa shape index (κ2) is 7.72. The molecule has 9 heteroatoms. The summed E-state index contributed by atoms with van der Waals surface area (Å²) in [5.41, 5.74) is 8.44. The van der Waals surface area contributed by atoms with Crippen LogP contribution in [0.4, 0.5) is 10.3 Å². The zero-order valence-corrected chi connectivity index (χ0v) is 17.2. The number of H-pyrrole nitrogens is 1. The van der Waals surface area contributed by atoms with Crippen LogP contribution in [0.1, 0.15) is 11.1 Å². The average Bonchev–Trinajstić information content (AvgIpc) is 3.03. The van der Waals surface area contributed by atoms with Crippen molar-refractivity contribution in [2.45, 2.75) is 13.1 Å². The van der Waals surface area contributed by atoms with Gasteiger partial charge in [-0.3, -0.25) is 14.7 Å². The Balaban J connectivity index is 1.50. The van der Waals surface area contributed by atoms with Gasteiger partial charge in [0.25, 0.3) is 5.56 Å². The number of benzene rings is 2. The van der Waals surface area contributed by atoms with Gasteiger partial charge in [-0.15, -0.1) is 0 Å². The number of fused-ring (bicyclic) bond motifs is 2. The highest BCUT2D eigenvalue weighted by Crippen LogP contribution is 2.35. The number of hydrogen-bond donors (Lipinski definition) is 2. The molecule has 2 aromatic heterocycles. The fraction of sp³-hybridized carbons (Fsp3) is 0.182. The van der Waals surface area contributed by atoms with E-state index in [1.807, 2.05) is 29.0 Å². The van der Waals surface area contributed by atoms with Crippen molar-refractivity contribution < 1.29 is 9.13 Å². The van der Waals surface area contributed by atoms with Crippen LogP contribution in [0.2, 0.25) is 5.02 Å². The van der Waals surface area contributed by atoms with Crippen LogP contribution in [0, 0.1) is 5.82 Å². The van der Waals surface area contributed by atoms with Crippen LogP contribution < -0.4 is 16.0 Å². The summed E-state index contributed by atoms with van der Waals surface area (Å²) >= 11 is 6.57. The molecule has 0 saturated carbocycles. The van der Waals surface area contributed by atoms with Gasteiger partial charge in [-0.25, -0.2) is 9.37 Å². The standard InChI is InChI=1S/C22H19ClFN5O2/c23-18-9-17(29-4-3-13-7-16(24)1-2-19(13)29)8-14-11-28(5-6-31-20(14)18)12-15-10-26-22(25)27-21(15)30/h1-4,7-10H,5-6,11-12H2,(H3,25,26,27,30). The van der Waals surface area contributed by atoms with Crippen LogP contribution in [0.3, 0.4) is 0 Å². The average molecular weight is 440 g/mol. The van der Waals surface area contributed by atoms with E-state index in [4.69, 9.17) is 22.1 Å². The lowest BCUT2D eigenvalue weighted by atomic mass is 10.1. The molecule has 3 N–H and O–H groups in total. The number of nitrogens with one attached hydrogen (secondary N) is 1. The van der Waals surface area contributed by atoms with Gasteiger partial charge in [0.1, 0.15) is 18.2 Å². The van der Waals surface area contributed by atoms with E-state index >= 15 is 0 Å². The third kappa shape index (κ3) is 3.75. The quantitative estimate of drug-likeness (QED) is 0.510. The van der Waals surface area contributed by atoms with E-state index in [0.29, 0.717) is 42.6 Å². The summed E-state index contributed by atoms with van der Waals surface area (Å²) in [6, 6.07) is 10.4. The number of halogens is 2. The topological polar surface area (TPSA) is 89.2 Å². The molecule has 1 aliphatic heterocycles. The highest BCUT2D eigenvalue weighted by atomic mass is 35.5. The molecule has 31 heavy (non-hydrogen) atoms. The molecule has 2 aromatic carbocycles. The summed E-state index contributed by atoms with van der Waals surface area (Å²) in [7, 11) is 0. The molecule has 0 fully saturated rings. The molecule has 5 rings (SSSR count). The number of aromatic amines is 1. The molecule has 0 amide bonds. The van der Waals surface area contributed by atoms with Crippen molar-refractivity contribution in [3.63, 3.8) is 0 Å². The Hall–Kier alpha value is -3.36. The fourth-order valence-electron chi connectivity index (χ4n) is 3.91. The first-order chi connectivity index (χ1) is 15.0. The van der Waals surface area contributed by atoms with Crippen molar-refractivity contribution in [2.24, 2.45) is 0 Å². The van der Waals surface area contributed by atoms with Gasteiger partial charge in [0.05, 0.1) is 10.5 Å². The smallest absolute Gasteiger partial charge is 0.256 e. The van der Waals surface area contributed by atoms with Gasteiger partial charge in [0.2, 0.25) is 0 Å². The SMILES string of the molecule is Nc1ncc(CN2CCOc3c(Cl)cc(-n4ccc5cc(F)ccc54)cc3C2)c(=O)[nH]1. The van der Waals surface area contributed by atoms with E-state index in [2.05, 4.69) is 14.9 Å². The van der Waals surface area contributed by atoms with Crippen molar-refractivity contribution in [3.8, 4) is 11.4 Å². The van der Waals surface area contributed by atoms with Crippen molar-refractivity contribution in [3.05, 3.63) is 81.1 Å². The molecule has 0 unspecified atom stereocenters. The third-order valence-electron chi connectivity index (χ3n) is 5.37. The number of nitrogens with two attached hydrogens (primary N) is 1. The molecule has 0 bridgehead atoms. The number of nitrogens with zero attached hydrogens (tertiary/aromatic N) is 3. The molecule has 3 heterocycles. The van der Waals surface area contributed by atoms with Crippen molar-refractivity contribution >= 4 is 28.5 Å². The second-order valence-corrected chi connectivity index (χ2v) is 7.89. The van der Waals surface area contributed by atoms with Gasteiger partial charge in [-0.05, 0) is 36.4 Å². The number of rotatable bonds is 3. The summed E-state index contributed by atoms with van der Waals surface area (Å²) in [4.78, 5) is 20.8. The van der Waals surface area contributed by atoms with Crippen LogP contribution in [0.15, 0.2) is 53.6 Å². The van der Waals surface area contributed by atoms with Crippen LogP contribution in [-0.2, 0) is 13.1 Å². The Bertz CT molecular complexity index is 1350.